The Bertz CT molecular complexity index is 379. The Morgan fingerprint density at radius 1 is 1.17 bits per heavy atom. The highest BCUT2D eigenvalue weighted by molar-refractivity contribution is 9.09. The monoisotopic (exact) mass is 309 g/mol. The first-order valence-electron chi connectivity index (χ1n) is 6.73. The van der Waals surface area contributed by atoms with Gasteiger partial charge >= 0.3 is 0 Å². The highest BCUT2D eigenvalue weighted by atomic mass is 79.9. The predicted molar refractivity (Wildman–Crippen MR) is 77.9 cm³/mol. The topological polar surface area (TPSA) is 29.1 Å². The van der Waals surface area contributed by atoms with Crippen molar-refractivity contribution < 1.29 is 4.79 Å². The lowest BCUT2D eigenvalue weighted by molar-refractivity contribution is -0.121. The number of nitrogens with one attached hydrogen (secondary N) is 1. The van der Waals surface area contributed by atoms with Gasteiger partial charge in [-0.25, -0.2) is 0 Å². The van der Waals surface area contributed by atoms with Gasteiger partial charge in [0.05, 0.1) is 6.42 Å². The summed E-state index contributed by atoms with van der Waals surface area (Å²) in [7, 11) is 0. The van der Waals surface area contributed by atoms with Gasteiger partial charge in [0.1, 0.15) is 0 Å². The standard InChI is InChI=1S/C15H20BrNO/c16-13-9-5-2-6-10-14(13)17-15(18)11-12-7-3-1-4-8-12/h1,3-4,7-8,13-14H,2,5-6,9-11H2,(H,17,18). The van der Waals surface area contributed by atoms with Gasteiger partial charge in [0.15, 0.2) is 0 Å². The Labute approximate surface area is 117 Å². The third-order valence-electron chi connectivity index (χ3n) is 3.49. The van der Waals surface area contributed by atoms with Gasteiger partial charge in [-0.1, -0.05) is 65.5 Å². The van der Waals surface area contributed by atoms with Crippen LogP contribution in [0.25, 0.3) is 0 Å². The zero-order chi connectivity index (χ0) is 12.8. The van der Waals surface area contributed by atoms with Crippen LogP contribution in [0.15, 0.2) is 30.3 Å². The number of carbonyl (C=O) groups is 1. The number of carbonyl (C=O) groups excluding carboxylic acids is 1. The Balaban J connectivity index is 1.86. The second kappa shape index (κ2) is 6.93. The third-order valence-corrected chi connectivity index (χ3v) is 4.58. The van der Waals surface area contributed by atoms with Crippen LogP contribution >= 0.6 is 15.9 Å². The first-order chi connectivity index (χ1) is 8.75. The summed E-state index contributed by atoms with van der Waals surface area (Å²) in [5, 5.41) is 3.17. The highest BCUT2D eigenvalue weighted by Crippen LogP contribution is 2.23. The maximum absolute atomic E-state index is 12.0. The zero-order valence-electron chi connectivity index (χ0n) is 10.6. The van der Waals surface area contributed by atoms with Gasteiger partial charge in [0.25, 0.3) is 0 Å². The quantitative estimate of drug-likeness (QED) is 0.672. The van der Waals surface area contributed by atoms with Gasteiger partial charge in [-0.15, -0.1) is 0 Å². The molecule has 1 aromatic rings. The van der Waals surface area contributed by atoms with E-state index in [-0.39, 0.29) is 5.91 Å². The first kappa shape index (κ1) is 13.6. The maximum Gasteiger partial charge on any atom is 0.224 e. The summed E-state index contributed by atoms with van der Waals surface area (Å²) >= 11 is 3.70. The van der Waals surface area contributed by atoms with E-state index in [2.05, 4.69) is 21.2 Å². The fraction of sp³-hybridized carbons (Fsp3) is 0.533. The molecule has 0 bridgehead atoms. The first-order valence-corrected chi connectivity index (χ1v) is 7.64. The van der Waals surface area contributed by atoms with Gasteiger partial charge in [-0.05, 0) is 18.4 Å². The van der Waals surface area contributed by atoms with Crippen LogP contribution in [0, 0.1) is 0 Å². The number of benzene rings is 1. The molecule has 1 amide bonds. The Morgan fingerprint density at radius 3 is 2.67 bits per heavy atom. The minimum atomic E-state index is 0.137. The number of halogens is 1. The molecule has 1 aliphatic rings. The van der Waals surface area contributed by atoms with E-state index in [0.717, 1.165) is 18.4 Å². The van der Waals surface area contributed by atoms with Crippen LogP contribution in [-0.2, 0) is 11.2 Å². The van der Waals surface area contributed by atoms with Crippen molar-refractivity contribution in [3.8, 4) is 0 Å². The summed E-state index contributed by atoms with van der Waals surface area (Å²) in [5.74, 6) is 0.137. The van der Waals surface area contributed by atoms with Crippen molar-refractivity contribution in [3.05, 3.63) is 35.9 Å². The second-order valence-corrected chi connectivity index (χ2v) is 6.17. The van der Waals surface area contributed by atoms with Gasteiger partial charge in [0.2, 0.25) is 5.91 Å². The summed E-state index contributed by atoms with van der Waals surface area (Å²) in [6, 6.07) is 10.2. The molecule has 2 unspecified atom stereocenters. The average Bonchev–Trinajstić information content (AvgIpc) is 2.56. The lowest BCUT2D eigenvalue weighted by atomic mass is 10.1. The molecule has 1 aromatic carbocycles. The Hall–Kier alpha value is -0.830. The predicted octanol–water partition coefficient (Wildman–Crippen LogP) is 3.44. The van der Waals surface area contributed by atoms with Crippen LogP contribution in [0.2, 0.25) is 0 Å². The van der Waals surface area contributed by atoms with Crippen LogP contribution in [0.4, 0.5) is 0 Å². The third kappa shape index (κ3) is 4.13. The van der Waals surface area contributed by atoms with E-state index in [4.69, 9.17) is 0 Å². The van der Waals surface area contributed by atoms with Crippen molar-refractivity contribution in [2.24, 2.45) is 0 Å². The zero-order valence-corrected chi connectivity index (χ0v) is 12.2. The molecule has 0 aromatic heterocycles. The van der Waals surface area contributed by atoms with E-state index in [1.54, 1.807) is 0 Å². The van der Waals surface area contributed by atoms with E-state index in [1.807, 2.05) is 30.3 Å². The molecule has 1 saturated carbocycles. The normalized spacial score (nSPS) is 24.3. The number of hydrogen-bond acceptors (Lipinski definition) is 1. The summed E-state index contributed by atoms with van der Waals surface area (Å²) < 4.78 is 0. The molecule has 1 aliphatic carbocycles. The molecule has 0 heterocycles. The van der Waals surface area contributed by atoms with E-state index in [1.165, 1.54) is 19.3 Å². The van der Waals surface area contributed by atoms with Crippen molar-refractivity contribution in [2.45, 2.75) is 49.4 Å². The van der Waals surface area contributed by atoms with Crippen molar-refractivity contribution in [1.82, 2.24) is 5.32 Å². The molecule has 2 atom stereocenters. The van der Waals surface area contributed by atoms with E-state index in [9.17, 15) is 4.79 Å². The maximum atomic E-state index is 12.0. The van der Waals surface area contributed by atoms with Gasteiger partial charge in [-0.2, -0.15) is 0 Å². The van der Waals surface area contributed by atoms with Crippen LogP contribution in [0.1, 0.15) is 37.7 Å². The number of rotatable bonds is 3. The summed E-state index contributed by atoms with van der Waals surface area (Å²) in [6.07, 6.45) is 6.51. The number of amides is 1. The summed E-state index contributed by atoms with van der Waals surface area (Å²) in [4.78, 5) is 12.4. The molecular formula is C15H20BrNO. The minimum absolute atomic E-state index is 0.137. The Kier molecular flexibility index (Phi) is 5.24. The average molecular weight is 310 g/mol. The molecular weight excluding hydrogens is 290 g/mol. The fourth-order valence-corrected chi connectivity index (χ4v) is 3.18. The highest BCUT2D eigenvalue weighted by Gasteiger charge is 2.22. The molecule has 1 N–H and O–H groups in total. The van der Waals surface area contributed by atoms with Crippen LogP contribution < -0.4 is 5.32 Å². The van der Waals surface area contributed by atoms with E-state index < -0.39 is 0 Å². The second-order valence-electron chi connectivity index (χ2n) is 4.99. The van der Waals surface area contributed by atoms with Gasteiger partial charge < -0.3 is 5.32 Å². The number of alkyl halides is 1. The molecule has 98 valence electrons. The molecule has 1 fully saturated rings. The van der Waals surface area contributed by atoms with Crippen molar-refractivity contribution >= 4 is 21.8 Å². The van der Waals surface area contributed by atoms with Gasteiger partial charge in [-0.3, -0.25) is 4.79 Å². The van der Waals surface area contributed by atoms with E-state index >= 15 is 0 Å². The molecule has 0 aliphatic heterocycles. The van der Waals surface area contributed by atoms with Crippen LogP contribution in [-0.4, -0.2) is 16.8 Å². The molecule has 0 radical (unpaired) electrons. The van der Waals surface area contributed by atoms with Gasteiger partial charge in [0, 0.05) is 10.9 Å². The molecule has 2 rings (SSSR count). The Morgan fingerprint density at radius 2 is 1.89 bits per heavy atom. The summed E-state index contributed by atoms with van der Waals surface area (Å²) in [6.45, 7) is 0. The molecule has 2 nitrogen and oxygen atoms in total. The molecule has 18 heavy (non-hydrogen) atoms. The van der Waals surface area contributed by atoms with Crippen molar-refractivity contribution in [1.29, 1.82) is 0 Å². The van der Waals surface area contributed by atoms with Crippen molar-refractivity contribution in [2.75, 3.05) is 0 Å². The minimum Gasteiger partial charge on any atom is -0.352 e. The molecule has 3 heteroatoms. The summed E-state index contributed by atoms with van der Waals surface area (Å²) in [5.41, 5.74) is 1.08. The van der Waals surface area contributed by atoms with Crippen LogP contribution in [0.5, 0.6) is 0 Å². The smallest absolute Gasteiger partial charge is 0.224 e. The van der Waals surface area contributed by atoms with Crippen molar-refractivity contribution in [3.63, 3.8) is 0 Å². The van der Waals surface area contributed by atoms with Crippen LogP contribution in [0.3, 0.4) is 0 Å². The lowest BCUT2D eigenvalue weighted by Gasteiger charge is -2.21. The SMILES string of the molecule is O=C(Cc1ccccc1)NC1CCCCCC1Br. The largest absolute Gasteiger partial charge is 0.352 e. The molecule has 0 saturated heterocycles. The lowest BCUT2D eigenvalue weighted by Crippen LogP contribution is -2.41. The fourth-order valence-electron chi connectivity index (χ4n) is 2.46. The van der Waals surface area contributed by atoms with E-state index in [0.29, 0.717) is 17.3 Å². The molecule has 0 spiro atoms. The number of hydrogen-bond donors (Lipinski definition) is 1.